The molecule has 0 aromatic carbocycles. The minimum Gasteiger partial charge on any atom is -0.480 e. The van der Waals surface area contributed by atoms with Gasteiger partial charge in [0.2, 0.25) is 11.8 Å². The van der Waals surface area contributed by atoms with Crippen molar-refractivity contribution in [2.45, 2.75) is 45.2 Å². The first-order valence-corrected chi connectivity index (χ1v) is 8.30. The lowest BCUT2D eigenvalue weighted by molar-refractivity contribution is -0.138. The first kappa shape index (κ1) is 22.3. The Morgan fingerprint density at radius 1 is 1.08 bits per heavy atom. The molecule has 0 saturated heterocycles. The number of likely N-dealkylation sites (N-methyl/N-ethyl adjacent to an activating group) is 1. The second kappa shape index (κ2) is 11.8. The van der Waals surface area contributed by atoms with Crippen molar-refractivity contribution in [3.8, 4) is 0 Å². The van der Waals surface area contributed by atoms with E-state index in [1.54, 1.807) is 7.05 Å². The highest BCUT2D eigenvalue weighted by Crippen LogP contribution is 2.06. The fourth-order valence-electron chi connectivity index (χ4n) is 2.36. The number of hydrogen-bond acceptors (Lipinski definition) is 5. The Labute approximate surface area is 144 Å². The molecular formula is C16H32N4O4. The lowest BCUT2D eigenvalue weighted by atomic mass is 10.0. The molecule has 0 radical (unpaired) electrons. The molecule has 0 saturated carbocycles. The lowest BCUT2D eigenvalue weighted by Crippen LogP contribution is -2.54. The van der Waals surface area contributed by atoms with Gasteiger partial charge in [-0.1, -0.05) is 13.8 Å². The molecule has 2 amide bonds. The largest absolute Gasteiger partial charge is 0.480 e. The molecule has 0 fully saturated rings. The first-order valence-electron chi connectivity index (χ1n) is 8.30. The second-order valence-electron chi connectivity index (χ2n) is 6.48. The number of aliphatic carboxylic acids is 1. The van der Waals surface area contributed by atoms with Crippen LogP contribution in [0.3, 0.4) is 0 Å². The summed E-state index contributed by atoms with van der Waals surface area (Å²) in [6.07, 6.45) is 2.13. The van der Waals surface area contributed by atoms with Gasteiger partial charge >= 0.3 is 5.97 Å². The van der Waals surface area contributed by atoms with E-state index in [0.717, 1.165) is 19.4 Å². The summed E-state index contributed by atoms with van der Waals surface area (Å²) in [5, 5.41) is 16.7. The van der Waals surface area contributed by atoms with Gasteiger partial charge in [-0.05, 0) is 52.9 Å². The van der Waals surface area contributed by atoms with Gasteiger partial charge in [-0.3, -0.25) is 14.4 Å². The number of carboxylic acid groups (broad SMARTS) is 1. The Balaban J connectivity index is 4.74. The van der Waals surface area contributed by atoms with Gasteiger partial charge in [-0.25, -0.2) is 0 Å². The summed E-state index contributed by atoms with van der Waals surface area (Å²) in [4.78, 5) is 37.2. The van der Waals surface area contributed by atoms with Gasteiger partial charge < -0.3 is 26.0 Å². The van der Waals surface area contributed by atoms with E-state index in [2.05, 4.69) is 16.0 Å². The van der Waals surface area contributed by atoms with Crippen LogP contribution < -0.4 is 16.0 Å². The number of hydrogen-bond donors (Lipinski definition) is 4. The van der Waals surface area contributed by atoms with E-state index in [-0.39, 0.29) is 11.8 Å². The predicted molar refractivity (Wildman–Crippen MR) is 92.7 cm³/mol. The molecule has 0 aromatic rings. The number of rotatable bonds is 12. The molecule has 0 aromatic heterocycles. The normalized spacial score (nSPS) is 13.6. The third kappa shape index (κ3) is 9.46. The van der Waals surface area contributed by atoms with Crippen LogP contribution in [0.5, 0.6) is 0 Å². The highest BCUT2D eigenvalue weighted by Gasteiger charge is 2.26. The van der Waals surface area contributed by atoms with E-state index in [9.17, 15) is 14.4 Å². The van der Waals surface area contributed by atoms with Crippen molar-refractivity contribution in [1.29, 1.82) is 0 Å². The Hall–Kier alpha value is -1.67. The van der Waals surface area contributed by atoms with Gasteiger partial charge in [0.1, 0.15) is 12.6 Å². The fourth-order valence-corrected chi connectivity index (χ4v) is 2.36. The van der Waals surface area contributed by atoms with E-state index in [0.29, 0.717) is 6.42 Å². The van der Waals surface area contributed by atoms with Crippen LogP contribution >= 0.6 is 0 Å². The van der Waals surface area contributed by atoms with Crippen LogP contribution in [0.25, 0.3) is 0 Å². The van der Waals surface area contributed by atoms with E-state index >= 15 is 0 Å². The van der Waals surface area contributed by atoms with Crippen LogP contribution in [0.1, 0.15) is 33.1 Å². The molecule has 24 heavy (non-hydrogen) atoms. The van der Waals surface area contributed by atoms with Gasteiger partial charge in [0.25, 0.3) is 0 Å². The van der Waals surface area contributed by atoms with Crippen LogP contribution in [0, 0.1) is 5.92 Å². The maximum atomic E-state index is 12.3. The van der Waals surface area contributed by atoms with Gasteiger partial charge in [0.15, 0.2) is 0 Å². The molecule has 140 valence electrons. The zero-order valence-electron chi connectivity index (χ0n) is 15.4. The summed E-state index contributed by atoms with van der Waals surface area (Å²) in [6, 6.07) is -1.13. The molecule has 0 heterocycles. The maximum absolute atomic E-state index is 12.3. The number of unbranched alkanes of at least 4 members (excludes halogenated alkanes) is 1. The summed E-state index contributed by atoms with van der Waals surface area (Å²) in [5.74, 6) is -1.76. The molecule has 0 aliphatic rings. The zero-order chi connectivity index (χ0) is 18.7. The topological polar surface area (TPSA) is 111 Å². The Bertz CT molecular complexity index is 413. The number of carbonyl (C=O) groups is 3. The van der Waals surface area contributed by atoms with Crippen LogP contribution in [-0.2, 0) is 14.4 Å². The number of carboxylic acids is 1. The first-order chi connectivity index (χ1) is 11.2. The van der Waals surface area contributed by atoms with Gasteiger partial charge in [0.05, 0.1) is 6.04 Å². The average Bonchev–Trinajstić information content (AvgIpc) is 2.47. The lowest BCUT2D eigenvalue weighted by Gasteiger charge is -2.24. The van der Waals surface area contributed by atoms with Crippen molar-refractivity contribution in [3.63, 3.8) is 0 Å². The molecule has 0 bridgehead atoms. The molecule has 8 heteroatoms. The predicted octanol–water partition coefficient (Wildman–Crippen LogP) is -0.352. The highest BCUT2D eigenvalue weighted by atomic mass is 16.4. The fraction of sp³-hybridized carbons (Fsp3) is 0.812. The van der Waals surface area contributed by atoms with E-state index in [4.69, 9.17) is 5.11 Å². The Morgan fingerprint density at radius 2 is 1.71 bits per heavy atom. The van der Waals surface area contributed by atoms with Gasteiger partial charge in [-0.15, -0.1) is 0 Å². The molecule has 0 aliphatic heterocycles. The molecule has 0 spiro atoms. The average molecular weight is 344 g/mol. The summed E-state index contributed by atoms with van der Waals surface area (Å²) < 4.78 is 0. The minimum absolute atomic E-state index is 0.0754. The third-order valence-corrected chi connectivity index (χ3v) is 3.66. The number of nitrogens with one attached hydrogen (secondary N) is 3. The number of nitrogens with zero attached hydrogens (tertiary/aromatic N) is 1. The zero-order valence-corrected chi connectivity index (χ0v) is 15.4. The van der Waals surface area contributed by atoms with Crippen molar-refractivity contribution in [2.75, 3.05) is 34.2 Å². The molecule has 4 N–H and O–H groups in total. The van der Waals surface area contributed by atoms with E-state index in [1.807, 2.05) is 32.8 Å². The molecule has 0 unspecified atom stereocenters. The van der Waals surface area contributed by atoms with Crippen LogP contribution in [0.2, 0.25) is 0 Å². The number of carbonyl (C=O) groups excluding carboxylic acids is 2. The summed E-state index contributed by atoms with van der Waals surface area (Å²) in [7, 11) is 5.64. The standard InChI is InChI=1S/C16H32N4O4/c1-11(2)14(17-3)16(24)19-12(8-6-7-9-20(4)5)15(23)18-10-13(21)22/h11-12,14,17H,6-10H2,1-5H3,(H,18,23)(H,19,24)(H,21,22)/t12-,14-/m0/s1. The quantitative estimate of drug-likeness (QED) is 0.360. The SMILES string of the molecule is CN[C@H](C(=O)N[C@@H](CCCCN(C)C)C(=O)NCC(=O)O)C(C)C. The van der Waals surface area contributed by atoms with Crippen molar-refractivity contribution >= 4 is 17.8 Å². The van der Waals surface area contributed by atoms with Crippen molar-refractivity contribution < 1.29 is 19.5 Å². The van der Waals surface area contributed by atoms with Crippen LogP contribution in [0.4, 0.5) is 0 Å². The second-order valence-corrected chi connectivity index (χ2v) is 6.48. The highest BCUT2D eigenvalue weighted by molar-refractivity contribution is 5.91. The molecule has 8 nitrogen and oxygen atoms in total. The van der Waals surface area contributed by atoms with Crippen molar-refractivity contribution in [2.24, 2.45) is 5.92 Å². The molecule has 2 atom stereocenters. The third-order valence-electron chi connectivity index (χ3n) is 3.66. The maximum Gasteiger partial charge on any atom is 0.322 e. The number of amides is 2. The Morgan fingerprint density at radius 3 is 2.17 bits per heavy atom. The van der Waals surface area contributed by atoms with Gasteiger partial charge in [-0.2, -0.15) is 0 Å². The molecule has 0 aliphatic carbocycles. The monoisotopic (exact) mass is 344 g/mol. The smallest absolute Gasteiger partial charge is 0.322 e. The van der Waals surface area contributed by atoms with Crippen LogP contribution in [-0.4, -0.2) is 74.1 Å². The van der Waals surface area contributed by atoms with E-state index < -0.39 is 30.5 Å². The van der Waals surface area contributed by atoms with E-state index in [1.165, 1.54) is 0 Å². The summed E-state index contributed by atoms with van der Waals surface area (Å²) >= 11 is 0. The summed E-state index contributed by atoms with van der Waals surface area (Å²) in [5.41, 5.74) is 0. The van der Waals surface area contributed by atoms with Crippen LogP contribution in [0.15, 0.2) is 0 Å². The molecule has 0 rings (SSSR count). The summed E-state index contributed by atoms with van der Waals surface area (Å²) in [6.45, 7) is 4.26. The van der Waals surface area contributed by atoms with Crippen molar-refractivity contribution in [3.05, 3.63) is 0 Å². The van der Waals surface area contributed by atoms with Crippen molar-refractivity contribution in [1.82, 2.24) is 20.9 Å². The Kier molecular flexibility index (Phi) is 11.0. The van der Waals surface area contributed by atoms with Gasteiger partial charge in [0, 0.05) is 0 Å². The minimum atomic E-state index is -1.11. The molecular weight excluding hydrogens is 312 g/mol.